The van der Waals surface area contributed by atoms with E-state index in [1.807, 2.05) is 19.2 Å². The molecule has 3 aromatic heterocycles. The van der Waals surface area contributed by atoms with Crippen molar-refractivity contribution in [2.45, 2.75) is 26.9 Å². The van der Waals surface area contributed by atoms with Gasteiger partial charge in [-0.2, -0.15) is 0 Å². The molecule has 202 valence electrons. The molecule has 0 unspecified atom stereocenters. The standard InChI is InChI=1S/C29H31FN6O3/c1-6-25(37)35-23-13-19(12-22(30)17(23)4)26-21-11-20(29(38)39-16(2)3)15-34-28(21)36-27(26)18-7-8-24(33-14-18)32-10-9-31-5/h6-8,11-16,31H,1,9-10H2,2-5H3,(H,32,33)(H,34,36)(H,35,37). The van der Waals surface area contributed by atoms with Crippen molar-refractivity contribution in [1.82, 2.24) is 20.3 Å². The first-order chi connectivity index (χ1) is 18.7. The van der Waals surface area contributed by atoms with Crippen molar-refractivity contribution in [3.8, 4) is 22.4 Å². The summed E-state index contributed by atoms with van der Waals surface area (Å²) in [6.07, 6.45) is 3.96. The quantitative estimate of drug-likeness (QED) is 0.128. The number of aromatic amines is 1. The summed E-state index contributed by atoms with van der Waals surface area (Å²) in [5.74, 6) is -0.766. The fourth-order valence-electron chi connectivity index (χ4n) is 4.08. The maximum atomic E-state index is 15.2. The lowest BCUT2D eigenvalue weighted by atomic mass is 9.97. The van der Waals surface area contributed by atoms with E-state index >= 15 is 4.39 Å². The van der Waals surface area contributed by atoms with E-state index in [1.165, 1.54) is 12.3 Å². The fraction of sp³-hybridized carbons (Fsp3) is 0.241. The molecule has 4 aromatic rings. The number of nitrogens with zero attached hydrogens (tertiary/aromatic N) is 2. The number of nitrogens with one attached hydrogen (secondary N) is 4. The zero-order valence-corrected chi connectivity index (χ0v) is 22.3. The van der Waals surface area contributed by atoms with Crippen LogP contribution in [0.1, 0.15) is 29.8 Å². The molecule has 0 saturated heterocycles. The lowest BCUT2D eigenvalue weighted by Gasteiger charge is -2.13. The van der Waals surface area contributed by atoms with Crippen LogP contribution >= 0.6 is 0 Å². The maximum Gasteiger partial charge on any atom is 0.339 e. The van der Waals surface area contributed by atoms with Gasteiger partial charge in [-0.05, 0) is 69.8 Å². The minimum Gasteiger partial charge on any atom is -0.459 e. The van der Waals surface area contributed by atoms with E-state index in [1.54, 1.807) is 39.1 Å². The third kappa shape index (κ3) is 6.12. The van der Waals surface area contributed by atoms with Gasteiger partial charge in [0.25, 0.3) is 0 Å². The molecule has 4 rings (SSSR count). The first-order valence-electron chi connectivity index (χ1n) is 12.5. The summed E-state index contributed by atoms with van der Waals surface area (Å²) in [4.78, 5) is 37.0. The first kappa shape index (κ1) is 27.5. The third-order valence-electron chi connectivity index (χ3n) is 6.04. The van der Waals surface area contributed by atoms with Gasteiger partial charge in [-0.15, -0.1) is 0 Å². The van der Waals surface area contributed by atoms with Crippen LogP contribution in [-0.2, 0) is 9.53 Å². The van der Waals surface area contributed by atoms with Crippen molar-refractivity contribution < 1.29 is 18.7 Å². The number of hydrogen-bond donors (Lipinski definition) is 4. The van der Waals surface area contributed by atoms with Crippen LogP contribution in [0, 0.1) is 12.7 Å². The monoisotopic (exact) mass is 530 g/mol. The van der Waals surface area contributed by atoms with Crippen LogP contribution in [0.4, 0.5) is 15.9 Å². The molecule has 1 aromatic carbocycles. The predicted octanol–water partition coefficient (Wildman–Crippen LogP) is 5.06. The van der Waals surface area contributed by atoms with Crippen LogP contribution in [0.25, 0.3) is 33.4 Å². The van der Waals surface area contributed by atoms with Crippen molar-refractivity contribution in [2.75, 3.05) is 30.8 Å². The average Bonchev–Trinajstić information content (AvgIpc) is 3.30. The Bertz CT molecular complexity index is 1530. The summed E-state index contributed by atoms with van der Waals surface area (Å²) in [7, 11) is 1.87. The summed E-state index contributed by atoms with van der Waals surface area (Å²) >= 11 is 0. The first-order valence-corrected chi connectivity index (χ1v) is 12.5. The van der Waals surface area contributed by atoms with Gasteiger partial charge in [0.05, 0.1) is 17.4 Å². The molecule has 0 saturated carbocycles. The number of ether oxygens (including phenoxy) is 1. The van der Waals surface area contributed by atoms with Gasteiger partial charge in [0.15, 0.2) is 0 Å². The van der Waals surface area contributed by atoms with Crippen molar-refractivity contribution in [3.05, 3.63) is 72.3 Å². The maximum absolute atomic E-state index is 15.2. The molecule has 0 fully saturated rings. The highest BCUT2D eigenvalue weighted by Gasteiger charge is 2.21. The number of H-pyrrole nitrogens is 1. The number of carbonyl (C=O) groups is 2. The highest BCUT2D eigenvalue weighted by Crippen LogP contribution is 2.40. The smallest absolute Gasteiger partial charge is 0.339 e. The van der Waals surface area contributed by atoms with Crippen molar-refractivity contribution in [3.63, 3.8) is 0 Å². The number of likely N-dealkylation sites (N-methyl/N-ethyl adjacent to an activating group) is 1. The van der Waals surface area contributed by atoms with Crippen LogP contribution in [0.3, 0.4) is 0 Å². The Morgan fingerprint density at radius 3 is 2.59 bits per heavy atom. The molecule has 0 aliphatic carbocycles. The number of anilines is 2. The Hall–Kier alpha value is -4.57. The van der Waals surface area contributed by atoms with E-state index in [4.69, 9.17) is 4.74 Å². The summed E-state index contributed by atoms with van der Waals surface area (Å²) < 4.78 is 20.5. The zero-order chi connectivity index (χ0) is 28.1. The Morgan fingerprint density at radius 1 is 1.13 bits per heavy atom. The Balaban J connectivity index is 1.90. The van der Waals surface area contributed by atoms with Gasteiger partial charge in [0.1, 0.15) is 17.3 Å². The van der Waals surface area contributed by atoms with Crippen LogP contribution in [0.2, 0.25) is 0 Å². The second kappa shape index (κ2) is 11.9. The molecular weight excluding hydrogens is 499 g/mol. The molecular formula is C29H31FN6O3. The highest BCUT2D eigenvalue weighted by atomic mass is 19.1. The van der Waals surface area contributed by atoms with Gasteiger partial charge in [-0.1, -0.05) is 6.58 Å². The van der Waals surface area contributed by atoms with Crippen LogP contribution in [-0.4, -0.2) is 53.1 Å². The number of benzene rings is 1. The average molecular weight is 531 g/mol. The van der Waals surface area contributed by atoms with Crippen molar-refractivity contribution in [2.24, 2.45) is 0 Å². The zero-order valence-electron chi connectivity index (χ0n) is 22.3. The number of halogens is 1. The van der Waals surface area contributed by atoms with E-state index < -0.39 is 17.7 Å². The number of esters is 1. The molecule has 4 N–H and O–H groups in total. The van der Waals surface area contributed by atoms with Crippen LogP contribution in [0.5, 0.6) is 0 Å². The van der Waals surface area contributed by atoms with E-state index in [9.17, 15) is 9.59 Å². The van der Waals surface area contributed by atoms with Gasteiger partial charge in [-0.3, -0.25) is 4.79 Å². The molecule has 0 atom stereocenters. The predicted molar refractivity (Wildman–Crippen MR) is 151 cm³/mol. The number of rotatable bonds is 10. The lowest BCUT2D eigenvalue weighted by Crippen LogP contribution is -2.18. The summed E-state index contributed by atoms with van der Waals surface area (Å²) in [5.41, 5.74) is 3.78. The molecule has 3 heterocycles. The molecule has 1 amide bonds. The minimum atomic E-state index is -0.513. The van der Waals surface area contributed by atoms with E-state index in [-0.39, 0.29) is 17.2 Å². The third-order valence-corrected chi connectivity index (χ3v) is 6.04. The Morgan fingerprint density at radius 2 is 1.92 bits per heavy atom. The molecule has 39 heavy (non-hydrogen) atoms. The molecule has 0 radical (unpaired) electrons. The summed E-state index contributed by atoms with van der Waals surface area (Å²) in [5, 5.41) is 9.56. The Labute approximate surface area is 225 Å². The molecule has 9 nitrogen and oxygen atoms in total. The molecule has 0 aliphatic rings. The second-order valence-corrected chi connectivity index (χ2v) is 9.24. The van der Waals surface area contributed by atoms with Crippen molar-refractivity contribution >= 4 is 34.4 Å². The normalized spacial score (nSPS) is 11.0. The fourth-order valence-corrected chi connectivity index (χ4v) is 4.08. The molecule has 0 aliphatic heterocycles. The van der Waals surface area contributed by atoms with E-state index in [2.05, 4.69) is 37.5 Å². The molecule has 10 heteroatoms. The molecule has 0 bridgehead atoms. The van der Waals surface area contributed by atoms with E-state index in [0.717, 1.165) is 18.2 Å². The second-order valence-electron chi connectivity index (χ2n) is 9.24. The topological polar surface area (TPSA) is 121 Å². The van der Waals surface area contributed by atoms with Crippen LogP contribution < -0.4 is 16.0 Å². The Kier molecular flexibility index (Phi) is 8.36. The lowest BCUT2D eigenvalue weighted by molar-refractivity contribution is -0.111. The van der Waals surface area contributed by atoms with Crippen molar-refractivity contribution in [1.29, 1.82) is 0 Å². The highest BCUT2D eigenvalue weighted by molar-refractivity contribution is 6.06. The number of carbonyl (C=O) groups excluding carboxylic acids is 2. The summed E-state index contributed by atoms with van der Waals surface area (Å²) in [6, 6.07) is 8.49. The van der Waals surface area contributed by atoms with Gasteiger partial charge in [-0.25, -0.2) is 19.2 Å². The van der Waals surface area contributed by atoms with Gasteiger partial charge < -0.3 is 25.7 Å². The number of fused-ring (bicyclic) bond motifs is 1. The summed E-state index contributed by atoms with van der Waals surface area (Å²) in [6.45, 7) is 10.1. The SMILES string of the molecule is C=CC(=O)Nc1cc(-c2c(-c3ccc(NCCNC)nc3)[nH]c3ncc(C(=O)OC(C)C)cc23)cc(F)c1C. The van der Waals surface area contributed by atoms with E-state index in [0.29, 0.717) is 45.9 Å². The number of aromatic nitrogens is 3. The number of pyridine rings is 2. The van der Waals surface area contributed by atoms with Gasteiger partial charge >= 0.3 is 5.97 Å². The number of amides is 1. The number of hydrogen-bond acceptors (Lipinski definition) is 7. The van der Waals surface area contributed by atoms with Gasteiger partial charge in [0, 0.05) is 53.2 Å². The van der Waals surface area contributed by atoms with Gasteiger partial charge in [0.2, 0.25) is 5.91 Å². The largest absolute Gasteiger partial charge is 0.459 e. The van der Waals surface area contributed by atoms with Crippen LogP contribution in [0.15, 0.2) is 55.4 Å². The molecule has 0 spiro atoms. The minimum absolute atomic E-state index is 0.262.